The van der Waals surface area contributed by atoms with E-state index in [1.165, 1.54) is 0 Å². The van der Waals surface area contributed by atoms with Gasteiger partial charge in [-0.05, 0) is 29.8 Å². The van der Waals surface area contributed by atoms with Gasteiger partial charge in [-0.1, -0.05) is 24.3 Å². The number of aromatic carboxylic acids is 1. The van der Waals surface area contributed by atoms with Gasteiger partial charge in [-0.3, -0.25) is 0 Å². The molecule has 18 heavy (non-hydrogen) atoms. The number of carboxylic acids is 1. The number of ether oxygens (including phenoxy) is 1. The maximum absolute atomic E-state index is 11.2. The molecule has 1 N–H and O–H groups in total. The van der Waals surface area contributed by atoms with Gasteiger partial charge >= 0.3 is 5.97 Å². The van der Waals surface area contributed by atoms with E-state index in [2.05, 4.69) is 0 Å². The molecule has 0 radical (unpaired) electrons. The number of hydrogen-bond donors (Lipinski definition) is 1. The highest BCUT2D eigenvalue weighted by Crippen LogP contribution is 2.26. The predicted molar refractivity (Wildman–Crippen MR) is 66.6 cm³/mol. The predicted octanol–water partition coefficient (Wildman–Crippen LogP) is 2.83. The lowest BCUT2D eigenvalue weighted by Crippen LogP contribution is -2.11. The lowest BCUT2D eigenvalue weighted by molar-refractivity contribution is 0.0691. The summed E-state index contributed by atoms with van der Waals surface area (Å²) in [6.45, 7) is 1.57. The molecule has 0 amide bonds. The molecular formula is C14H11NO3. The van der Waals surface area contributed by atoms with Crippen molar-refractivity contribution in [3.63, 3.8) is 0 Å². The zero-order valence-electron chi connectivity index (χ0n) is 9.75. The third kappa shape index (κ3) is 2.25. The second kappa shape index (κ2) is 4.76. The van der Waals surface area contributed by atoms with Crippen LogP contribution in [0.15, 0.2) is 36.4 Å². The number of rotatable bonds is 3. The highest BCUT2D eigenvalue weighted by atomic mass is 16.5. The van der Waals surface area contributed by atoms with E-state index >= 15 is 0 Å². The van der Waals surface area contributed by atoms with Crippen molar-refractivity contribution >= 4 is 16.7 Å². The molecule has 0 saturated carbocycles. The summed E-state index contributed by atoms with van der Waals surface area (Å²) >= 11 is 0. The summed E-state index contributed by atoms with van der Waals surface area (Å²) in [5, 5.41) is 19.6. The minimum absolute atomic E-state index is 0.0656. The smallest absolute Gasteiger partial charge is 0.339 e. The van der Waals surface area contributed by atoms with Crippen molar-refractivity contribution < 1.29 is 14.6 Å². The molecule has 0 bridgehead atoms. The summed E-state index contributed by atoms with van der Waals surface area (Å²) < 4.78 is 5.32. The lowest BCUT2D eigenvalue weighted by atomic mass is 10.1. The van der Waals surface area contributed by atoms with E-state index in [1.807, 2.05) is 30.3 Å². The van der Waals surface area contributed by atoms with Gasteiger partial charge in [0, 0.05) is 0 Å². The summed E-state index contributed by atoms with van der Waals surface area (Å²) in [6, 6.07) is 12.5. The van der Waals surface area contributed by atoms with Crippen molar-refractivity contribution in [2.45, 2.75) is 13.0 Å². The van der Waals surface area contributed by atoms with Crippen LogP contribution in [0.3, 0.4) is 0 Å². The highest BCUT2D eigenvalue weighted by Gasteiger charge is 2.14. The van der Waals surface area contributed by atoms with Crippen molar-refractivity contribution in [3.8, 4) is 11.8 Å². The van der Waals surface area contributed by atoms with Crippen LogP contribution in [0.2, 0.25) is 0 Å². The first-order chi connectivity index (χ1) is 8.61. The zero-order valence-corrected chi connectivity index (χ0v) is 9.75. The average molecular weight is 241 g/mol. The monoisotopic (exact) mass is 241 g/mol. The van der Waals surface area contributed by atoms with Gasteiger partial charge in [0.25, 0.3) is 0 Å². The Balaban J connectivity index is 2.58. The average Bonchev–Trinajstić information content (AvgIpc) is 2.37. The number of hydrogen-bond acceptors (Lipinski definition) is 3. The molecule has 0 spiro atoms. The zero-order chi connectivity index (χ0) is 13.1. The van der Waals surface area contributed by atoms with Crippen molar-refractivity contribution in [1.29, 1.82) is 5.26 Å². The van der Waals surface area contributed by atoms with E-state index in [1.54, 1.807) is 19.1 Å². The van der Waals surface area contributed by atoms with E-state index in [-0.39, 0.29) is 11.3 Å². The quantitative estimate of drug-likeness (QED) is 0.896. The molecule has 0 heterocycles. The van der Waals surface area contributed by atoms with Gasteiger partial charge in [0.15, 0.2) is 6.10 Å². The Bertz CT molecular complexity index is 643. The van der Waals surface area contributed by atoms with Crippen LogP contribution >= 0.6 is 0 Å². The van der Waals surface area contributed by atoms with Gasteiger partial charge in [0.1, 0.15) is 17.4 Å². The molecule has 0 saturated heterocycles. The third-order valence-corrected chi connectivity index (χ3v) is 2.56. The number of nitrogens with zero attached hydrogens (tertiary/aromatic N) is 1. The molecule has 4 nitrogen and oxygen atoms in total. The Hall–Kier alpha value is -2.54. The molecule has 4 heteroatoms. The molecule has 2 rings (SSSR count). The van der Waals surface area contributed by atoms with Crippen LogP contribution in [-0.4, -0.2) is 17.2 Å². The second-order valence-corrected chi connectivity index (χ2v) is 3.89. The fourth-order valence-corrected chi connectivity index (χ4v) is 1.70. The SMILES string of the molecule is CC(C#N)Oc1cc2ccccc2cc1C(=O)O. The number of carboxylic acid groups (broad SMARTS) is 1. The molecule has 1 unspecified atom stereocenters. The minimum Gasteiger partial charge on any atom is -0.478 e. The fourth-order valence-electron chi connectivity index (χ4n) is 1.70. The summed E-state index contributed by atoms with van der Waals surface area (Å²) in [7, 11) is 0. The highest BCUT2D eigenvalue weighted by molar-refractivity contribution is 5.97. The van der Waals surface area contributed by atoms with Crippen LogP contribution < -0.4 is 4.74 Å². The van der Waals surface area contributed by atoms with E-state index < -0.39 is 12.1 Å². The van der Waals surface area contributed by atoms with Gasteiger partial charge < -0.3 is 9.84 Å². The molecule has 0 aliphatic rings. The third-order valence-electron chi connectivity index (χ3n) is 2.56. The van der Waals surface area contributed by atoms with Crippen LogP contribution in [0.5, 0.6) is 5.75 Å². The Morgan fingerprint density at radius 3 is 2.50 bits per heavy atom. The van der Waals surface area contributed by atoms with Gasteiger partial charge in [-0.2, -0.15) is 5.26 Å². The van der Waals surface area contributed by atoms with Crippen molar-refractivity contribution in [3.05, 3.63) is 42.0 Å². The summed E-state index contributed by atoms with van der Waals surface area (Å²) in [5.41, 5.74) is 0.0656. The first-order valence-electron chi connectivity index (χ1n) is 5.44. The number of nitriles is 1. The Labute approximate surface area is 104 Å². The molecule has 1 atom stereocenters. The molecule has 2 aromatic carbocycles. The molecule has 0 aromatic heterocycles. The van der Waals surface area contributed by atoms with Crippen LogP contribution in [0, 0.1) is 11.3 Å². The van der Waals surface area contributed by atoms with E-state index in [0.29, 0.717) is 0 Å². The van der Waals surface area contributed by atoms with E-state index in [0.717, 1.165) is 10.8 Å². The Kier molecular flexibility index (Phi) is 3.16. The first-order valence-corrected chi connectivity index (χ1v) is 5.44. The van der Waals surface area contributed by atoms with Crippen molar-refractivity contribution in [1.82, 2.24) is 0 Å². The molecule has 2 aromatic rings. The summed E-state index contributed by atoms with van der Waals surface area (Å²) in [4.78, 5) is 11.2. The molecule has 0 aliphatic carbocycles. The van der Waals surface area contributed by atoms with Crippen molar-refractivity contribution in [2.24, 2.45) is 0 Å². The van der Waals surface area contributed by atoms with Crippen LogP contribution in [0.1, 0.15) is 17.3 Å². The topological polar surface area (TPSA) is 70.3 Å². The second-order valence-electron chi connectivity index (χ2n) is 3.89. The summed E-state index contributed by atoms with van der Waals surface area (Å²) in [6.07, 6.45) is -0.690. The van der Waals surface area contributed by atoms with Crippen LogP contribution in [-0.2, 0) is 0 Å². The largest absolute Gasteiger partial charge is 0.478 e. The molecule has 90 valence electrons. The van der Waals surface area contributed by atoms with Gasteiger partial charge in [0.2, 0.25) is 0 Å². The maximum atomic E-state index is 11.2. The summed E-state index contributed by atoms with van der Waals surface area (Å²) in [5.74, 6) is -0.851. The Morgan fingerprint density at radius 1 is 1.33 bits per heavy atom. The normalized spacial score (nSPS) is 11.8. The number of fused-ring (bicyclic) bond motifs is 1. The van der Waals surface area contributed by atoms with Crippen LogP contribution in [0.4, 0.5) is 0 Å². The standard InChI is InChI=1S/C14H11NO3/c1-9(8-15)18-13-7-11-5-3-2-4-10(11)6-12(13)14(16)17/h2-7,9H,1H3,(H,16,17). The number of carbonyl (C=O) groups is 1. The molecular weight excluding hydrogens is 230 g/mol. The first kappa shape index (κ1) is 11.9. The van der Waals surface area contributed by atoms with E-state index in [9.17, 15) is 4.79 Å². The molecule has 0 aliphatic heterocycles. The van der Waals surface area contributed by atoms with Gasteiger partial charge in [-0.15, -0.1) is 0 Å². The van der Waals surface area contributed by atoms with E-state index in [4.69, 9.17) is 15.1 Å². The van der Waals surface area contributed by atoms with Crippen molar-refractivity contribution in [2.75, 3.05) is 0 Å². The van der Waals surface area contributed by atoms with Gasteiger partial charge in [-0.25, -0.2) is 4.79 Å². The minimum atomic E-state index is -1.07. The lowest BCUT2D eigenvalue weighted by Gasteiger charge is -2.11. The molecule has 0 fully saturated rings. The number of benzene rings is 2. The maximum Gasteiger partial charge on any atom is 0.339 e. The fraction of sp³-hybridized carbons (Fsp3) is 0.143. The van der Waals surface area contributed by atoms with Crippen LogP contribution in [0.25, 0.3) is 10.8 Å². The van der Waals surface area contributed by atoms with Gasteiger partial charge in [0.05, 0.1) is 0 Å². The Morgan fingerprint density at radius 2 is 1.94 bits per heavy atom.